The molecular weight excluding hydrogens is 383 g/mol. The molecule has 1 amide bonds. The number of aryl methyl sites for hydroxylation is 1. The monoisotopic (exact) mass is 414 g/mol. The summed E-state index contributed by atoms with van der Waals surface area (Å²) in [5.74, 6) is -0.379. The molecule has 1 saturated heterocycles. The third-order valence-electron chi connectivity index (χ3n) is 6.63. The first kappa shape index (κ1) is 21.0. The Balaban J connectivity index is 1.52. The second-order valence-corrected chi connectivity index (χ2v) is 8.50. The molecule has 1 N–H and O–H groups in total. The minimum atomic E-state index is -0.292. The van der Waals surface area contributed by atoms with Crippen LogP contribution in [-0.2, 0) is 4.74 Å². The quantitative estimate of drug-likeness (QED) is 0.815. The van der Waals surface area contributed by atoms with Crippen LogP contribution in [0.25, 0.3) is 5.69 Å². The Kier molecular flexibility index (Phi) is 6.20. The van der Waals surface area contributed by atoms with E-state index in [2.05, 4.69) is 15.3 Å². The summed E-state index contributed by atoms with van der Waals surface area (Å²) >= 11 is 0. The highest BCUT2D eigenvalue weighted by atomic mass is 19.1. The van der Waals surface area contributed by atoms with Gasteiger partial charge in [-0.15, -0.1) is 0 Å². The van der Waals surface area contributed by atoms with Gasteiger partial charge in [0.25, 0.3) is 5.91 Å². The zero-order valence-corrected chi connectivity index (χ0v) is 17.9. The van der Waals surface area contributed by atoms with Crippen LogP contribution in [0.3, 0.4) is 0 Å². The zero-order valence-electron chi connectivity index (χ0n) is 17.9. The van der Waals surface area contributed by atoms with Crippen molar-refractivity contribution in [2.24, 2.45) is 0 Å². The number of aromatic nitrogens is 2. The first-order chi connectivity index (χ1) is 14.5. The van der Waals surface area contributed by atoms with Crippen molar-refractivity contribution in [2.75, 3.05) is 32.8 Å². The zero-order chi connectivity index (χ0) is 21.1. The standard InChI is InChI=1S/C23H31FN4O2/c1-17-21(18(2)28(26-17)20-8-6-19(24)7-9-20)22(29)25-16-23(10-4-3-5-11-23)27-12-14-30-15-13-27/h6-9H,3-5,10-16H2,1-2H3,(H,25,29). The predicted octanol–water partition coefficient (Wildman–Crippen LogP) is 3.39. The molecule has 7 heteroatoms. The Labute approximate surface area is 177 Å². The van der Waals surface area contributed by atoms with Gasteiger partial charge in [-0.2, -0.15) is 5.10 Å². The van der Waals surface area contributed by atoms with Gasteiger partial charge >= 0.3 is 0 Å². The Morgan fingerprint density at radius 3 is 2.47 bits per heavy atom. The lowest BCUT2D eigenvalue weighted by molar-refractivity contribution is -0.0361. The van der Waals surface area contributed by atoms with Gasteiger partial charge in [0, 0.05) is 25.2 Å². The summed E-state index contributed by atoms with van der Waals surface area (Å²) in [6.45, 7) is 7.76. The molecule has 1 aromatic carbocycles. The van der Waals surface area contributed by atoms with E-state index in [1.807, 2.05) is 13.8 Å². The Bertz CT molecular complexity index is 881. The van der Waals surface area contributed by atoms with Crippen LogP contribution in [0.2, 0.25) is 0 Å². The van der Waals surface area contributed by atoms with Gasteiger partial charge in [-0.05, 0) is 51.0 Å². The molecular formula is C23H31FN4O2. The largest absolute Gasteiger partial charge is 0.379 e. The van der Waals surface area contributed by atoms with Gasteiger partial charge in [0.15, 0.2) is 0 Å². The fraction of sp³-hybridized carbons (Fsp3) is 0.565. The van der Waals surface area contributed by atoms with Crippen LogP contribution < -0.4 is 5.32 Å². The van der Waals surface area contributed by atoms with E-state index in [9.17, 15) is 9.18 Å². The molecule has 0 bridgehead atoms. The second-order valence-electron chi connectivity index (χ2n) is 8.50. The molecule has 2 aliphatic rings. The van der Waals surface area contributed by atoms with Crippen molar-refractivity contribution in [3.63, 3.8) is 0 Å². The highest BCUT2D eigenvalue weighted by molar-refractivity contribution is 5.96. The summed E-state index contributed by atoms with van der Waals surface area (Å²) in [7, 11) is 0. The number of halogens is 1. The summed E-state index contributed by atoms with van der Waals surface area (Å²) in [5, 5.41) is 7.77. The van der Waals surface area contributed by atoms with E-state index in [-0.39, 0.29) is 17.3 Å². The molecule has 2 aromatic rings. The van der Waals surface area contributed by atoms with E-state index in [0.29, 0.717) is 17.8 Å². The van der Waals surface area contributed by atoms with Gasteiger partial charge in [0.1, 0.15) is 5.82 Å². The Morgan fingerprint density at radius 2 is 1.80 bits per heavy atom. The van der Waals surface area contributed by atoms with Gasteiger partial charge in [0.2, 0.25) is 0 Å². The number of nitrogens with one attached hydrogen (secondary N) is 1. The molecule has 0 spiro atoms. The van der Waals surface area contributed by atoms with E-state index in [4.69, 9.17) is 4.74 Å². The van der Waals surface area contributed by atoms with Crippen LogP contribution in [0.1, 0.15) is 53.8 Å². The number of carbonyl (C=O) groups excluding carboxylic acids is 1. The summed E-state index contributed by atoms with van der Waals surface area (Å²) in [6.07, 6.45) is 5.89. The number of rotatable bonds is 5. The maximum absolute atomic E-state index is 13.3. The van der Waals surface area contributed by atoms with E-state index < -0.39 is 0 Å². The van der Waals surface area contributed by atoms with Gasteiger partial charge in [-0.1, -0.05) is 19.3 Å². The normalized spacial score (nSPS) is 19.6. The number of benzene rings is 1. The molecule has 4 rings (SSSR count). The lowest BCUT2D eigenvalue weighted by Gasteiger charge is -2.48. The average molecular weight is 415 g/mol. The van der Waals surface area contributed by atoms with Crippen LogP contribution in [0.5, 0.6) is 0 Å². The molecule has 1 aromatic heterocycles. The van der Waals surface area contributed by atoms with Crippen LogP contribution in [-0.4, -0.2) is 59.0 Å². The highest BCUT2D eigenvalue weighted by Gasteiger charge is 2.39. The number of amides is 1. The minimum absolute atomic E-state index is 0.0203. The molecule has 162 valence electrons. The van der Waals surface area contributed by atoms with Crippen molar-refractivity contribution < 1.29 is 13.9 Å². The Hall–Kier alpha value is -2.25. The maximum Gasteiger partial charge on any atom is 0.255 e. The SMILES string of the molecule is Cc1nn(-c2ccc(F)cc2)c(C)c1C(=O)NCC1(N2CCOCC2)CCCCC1. The first-order valence-corrected chi connectivity index (χ1v) is 10.9. The lowest BCUT2D eigenvalue weighted by Crippen LogP contribution is -2.59. The number of carbonyl (C=O) groups is 1. The van der Waals surface area contributed by atoms with Gasteiger partial charge in [-0.3, -0.25) is 9.69 Å². The molecule has 1 aliphatic heterocycles. The lowest BCUT2D eigenvalue weighted by atomic mass is 9.79. The van der Waals surface area contributed by atoms with Crippen molar-refractivity contribution in [1.29, 1.82) is 0 Å². The third kappa shape index (κ3) is 4.14. The van der Waals surface area contributed by atoms with E-state index >= 15 is 0 Å². The fourth-order valence-corrected chi connectivity index (χ4v) is 4.99. The molecule has 0 radical (unpaired) electrons. The van der Waals surface area contributed by atoms with Crippen LogP contribution in [0.15, 0.2) is 24.3 Å². The van der Waals surface area contributed by atoms with Gasteiger partial charge < -0.3 is 10.1 Å². The highest BCUT2D eigenvalue weighted by Crippen LogP contribution is 2.34. The maximum atomic E-state index is 13.3. The van der Waals surface area contributed by atoms with Crippen molar-refractivity contribution in [2.45, 2.75) is 51.5 Å². The number of morpholine rings is 1. The molecule has 1 aliphatic carbocycles. The van der Waals surface area contributed by atoms with Crippen LogP contribution in [0, 0.1) is 19.7 Å². The molecule has 30 heavy (non-hydrogen) atoms. The van der Waals surface area contributed by atoms with E-state index in [0.717, 1.165) is 50.5 Å². The van der Waals surface area contributed by atoms with Crippen LogP contribution >= 0.6 is 0 Å². The topological polar surface area (TPSA) is 59.4 Å². The van der Waals surface area contributed by atoms with Crippen molar-refractivity contribution in [3.8, 4) is 5.69 Å². The fourth-order valence-electron chi connectivity index (χ4n) is 4.99. The molecule has 2 fully saturated rings. The van der Waals surface area contributed by atoms with Crippen LogP contribution in [0.4, 0.5) is 4.39 Å². The number of hydrogen-bond donors (Lipinski definition) is 1. The van der Waals surface area contributed by atoms with Crippen molar-refractivity contribution >= 4 is 5.91 Å². The first-order valence-electron chi connectivity index (χ1n) is 10.9. The smallest absolute Gasteiger partial charge is 0.255 e. The number of hydrogen-bond acceptors (Lipinski definition) is 4. The second kappa shape index (κ2) is 8.86. The summed E-state index contributed by atoms with van der Waals surface area (Å²) in [5.41, 5.74) is 2.81. The Morgan fingerprint density at radius 1 is 1.13 bits per heavy atom. The minimum Gasteiger partial charge on any atom is -0.379 e. The average Bonchev–Trinajstić information content (AvgIpc) is 3.08. The van der Waals surface area contributed by atoms with E-state index in [1.165, 1.54) is 31.4 Å². The van der Waals surface area contributed by atoms with Crippen molar-refractivity contribution in [3.05, 3.63) is 47.0 Å². The molecule has 6 nitrogen and oxygen atoms in total. The van der Waals surface area contributed by atoms with Gasteiger partial charge in [-0.25, -0.2) is 9.07 Å². The molecule has 0 unspecified atom stereocenters. The molecule has 0 atom stereocenters. The molecule has 1 saturated carbocycles. The van der Waals surface area contributed by atoms with Gasteiger partial charge in [0.05, 0.1) is 35.9 Å². The number of ether oxygens (including phenoxy) is 1. The predicted molar refractivity (Wildman–Crippen MR) is 114 cm³/mol. The summed E-state index contributed by atoms with van der Waals surface area (Å²) < 4.78 is 20.5. The number of nitrogens with zero attached hydrogens (tertiary/aromatic N) is 3. The van der Waals surface area contributed by atoms with Crippen molar-refractivity contribution in [1.82, 2.24) is 20.0 Å². The summed E-state index contributed by atoms with van der Waals surface area (Å²) in [4.78, 5) is 15.7. The molecule has 2 heterocycles. The summed E-state index contributed by atoms with van der Waals surface area (Å²) in [6, 6.07) is 6.15. The van der Waals surface area contributed by atoms with E-state index in [1.54, 1.807) is 16.8 Å². The third-order valence-corrected chi connectivity index (χ3v) is 6.63.